The molecule has 0 saturated heterocycles. The van der Waals surface area contributed by atoms with E-state index in [0.717, 1.165) is 0 Å². The number of Topliss-reactive ketones (excluding diaryl/α,β-unsaturated/α-hetero) is 1. The lowest BCUT2D eigenvalue weighted by Crippen LogP contribution is -3.02. The van der Waals surface area contributed by atoms with Gasteiger partial charge in [-0.3, -0.25) is 4.79 Å². The Kier molecular flexibility index (Phi) is 2.47. The normalized spacial score (nSPS) is 51.7. The van der Waals surface area contributed by atoms with Gasteiger partial charge in [0.2, 0.25) is 5.78 Å². The zero-order valence-electron chi connectivity index (χ0n) is 10.4. The molecule has 0 aromatic carbocycles. The predicted molar refractivity (Wildman–Crippen MR) is 44.7 cm³/mol. The van der Waals surface area contributed by atoms with Crippen molar-refractivity contribution in [2.24, 2.45) is 5.92 Å². The summed E-state index contributed by atoms with van der Waals surface area (Å²) in [6.45, 7) is 0. The van der Waals surface area contributed by atoms with Gasteiger partial charge in [-0.15, -0.1) is 0 Å². The smallest absolute Gasteiger partial charge is 0.291 e. The molecule has 1 nitrogen and oxygen atoms in total. The first-order valence-electron chi connectivity index (χ1n) is 5.78. The van der Waals surface area contributed by atoms with Crippen LogP contribution in [0.4, 0.5) is 57.1 Å². The zero-order chi connectivity index (χ0) is 19.2. The van der Waals surface area contributed by atoms with Crippen LogP contribution in [0.15, 0.2) is 0 Å². The van der Waals surface area contributed by atoms with Crippen LogP contribution < -0.4 is 0 Å². The summed E-state index contributed by atoms with van der Waals surface area (Å²) >= 11 is 0. The van der Waals surface area contributed by atoms with E-state index in [1.807, 2.05) is 0 Å². The van der Waals surface area contributed by atoms with Crippen molar-refractivity contribution in [3.8, 4) is 0 Å². The Bertz CT molecular complexity index is 624. The van der Waals surface area contributed by atoms with Gasteiger partial charge in [0.1, 0.15) is 0 Å². The summed E-state index contributed by atoms with van der Waals surface area (Å²) in [5, 5.41) is 0. The Hall–Kier alpha value is -1.24. The third kappa shape index (κ3) is 0.963. The molecular weight excluding hydrogens is 383 g/mol. The number of carbonyl (C=O) groups excluding carboxylic acids is 1. The van der Waals surface area contributed by atoms with E-state index < -0.39 is 58.3 Å². The fourth-order valence-corrected chi connectivity index (χ4v) is 3.61. The second kappa shape index (κ2) is 3.37. The minimum Gasteiger partial charge on any atom is -0.291 e. The fraction of sp³-hybridized carbons (Fsp3) is 0.900. The maximum Gasteiger partial charge on any atom is 0.340 e. The first-order valence-corrected chi connectivity index (χ1v) is 5.78. The van der Waals surface area contributed by atoms with Crippen LogP contribution >= 0.6 is 0 Å². The van der Waals surface area contributed by atoms with E-state index >= 15 is 0 Å². The van der Waals surface area contributed by atoms with E-state index in [1.165, 1.54) is 0 Å². The summed E-state index contributed by atoms with van der Waals surface area (Å²) in [7, 11) is 0. The van der Waals surface area contributed by atoms with E-state index in [0.29, 0.717) is 0 Å². The first kappa shape index (κ1) is 17.6. The molecule has 0 heterocycles. The number of alkyl halides is 13. The molecule has 0 N–H and O–H groups in total. The van der Waals surface area contributed by atoms with Gasteiger partial charge in [-0.25, -0.2) is 39.5 Å². The number of ketones is 1. The number of carbonyl (C=O) groups is 1. The third-order valence-electron chi connectivity index (χ3n) is 4.82. The van der Waals surface area contributed by atoms with Crippen molar-refractivity contribution in [2.75, 3.05) is 0 Å². The molecule has 2 unspecified atom stereocenters. The SMILES string of the molecule is O=C1[C@@]2(F)C(F)(F)C3C(F)(F)C(F)(C2(F)F)C(F)(F)[C@@]1(F)C3(F)F. The molecule has 0 aromatic rings. The highest BCUT2D eigenvalue weighted by Gasteiger charge is 3.15. The molecule has 0 radical (unpaired) electrons. The molecule has 0 aromatic heterocycles. The van der Waals surface area contributed by atoms with Crippen LogP contribution in [-0.4, -0.2) is 52.4 Å². The van der Waals surface area contributed by atoms with Gasteiger partial charge in [-0.05, 0) is 0 Å². The molecule has 4 bridgehead atoms. The largest absolute Gasteiger partial charge is 0.340 e. The summed E-state index contributed by atoms with van der Waals surface area (Å²) in [6, 6.07) is 0. The highest BCUT2D eigenvalue weighted by molar-refractivity contribution is 6.03. The van der Waals surface area contributed by atoms with Crippen molar-refractivity contribution in [2.45, 2.75) is 46.6 Å². The second-order valence-corrected chi connectivity index (χ2v) is 5.76. The lowest BCUT2D eigenvalue weighted by Gasteiger charge is -2.68. The highest BCUT2D eigenvalue weighted by Crippen LogP contribution is 2.82. The molecule has 4 atom stereocenters. The van der Waals surface area contributed by atoms with Crippen LogP contribution in [0.3, 0.4) is 0 Å². The Morgan fingerprint density at radius 3 is 1.12 bits per heavy atom. The van der Waals surface area contributed by atoms with Gasteiger partial charge >= 0.3 is 46.6 Å². The van der Waals surface area contributed by atoms with Gasteiger partial charge in [0.15, 0.2) is 5.92 Å². The monoisotopic (exact) mass is 384 g/mol. The van der Waals surface area contributed by atoms with Crippen molar-refractivity contribution in [1.29, 1.82) is 0 Å². The predicted octanol–water partition coefficient (Wildman–Crippen LogP) is 3.51. The molecule has 0 aliphatic heterocycles. The molecule has 4 aliphatic carbocycles. The van der Waals surface area contributed by atoms with Gasteiger partial charge in [0.05, 0.1) is 0 Å². The second-order valence-electron chi connectivity index (χ2n) is 5.76. The minimum atomic E-state index is -7.21. The number of hydrogen-bond donors (Lipinski definition) is 0. The molecule has 4 fully saturated rings. The van der Waals surface area contributed by atoms with Crippen LogP contribution in [0.5, 0.6) is 0 Å². The maximum absolute atomic E-state index is 14.0. The Balaban J connectivity index is 2.60. The summed E-state index contributed by atoms with van der Waals surface area (Å²) in [5.74, 6) is -44.9. The van der Waals surface area contributed by atoms with Crippen LogP contribution in [0.2, 0.25) is 0 Å². The van der Waals surface area contributed by atoms with E-state index in [2.05, 4.69) is 0 Å². The summed E-state index contributed by atoms with van der Waals surface area (Å²) in [4.78, 5) is 11.2. The van der Waals surface area contributed by atoms with E-state index in [-0.39, 0.29) is 0 Å². The van der Waals surface area contributed by atoms with Gasteiger partial charge < -0.3 is 0 Å². The summed E-state index contributed by atoms with van der Waals surface area (Å²) in [5.41, 5.74) is -20.4. The summed E-state index contributed by atoms with van der Waals surface area (Å²) < 4.78 is 178. The van der Waals surface area contributed by atoms with Crippen molar-refractivity contribution < 1.29 is 61.9 Å². The fourth-order valence-electron chi connectivity index (χ4n) is 3.61. The molecule has 4 aliphatic rings. The topological polar surface area (TPSA) is 17.1 Å². The van der Waals surface area contributed by atoms with E-state index in [1.54, 1.807) is 0 Å². The average Bonchev–Trinajstić information content (AvgIpc) is 2.37. The highest BCUT2D eigenvalue weighted by atomic mass is 19.3. The van der Waals surface area contributed by atoms with Crippen LogP contribution in [-0.2, 0) is 4.79 Å². The molecule has 0 amide bonds. The lowest BCUT2D eigenvalue weighted by atomic mass is 9.43. The Labute approximate surface area is 121 Å². The number of hydrogen-bond acceptors (Lipinski definition) is 1. The Morgan fingerprint density at radius 1 is 0.542 bits per heavy atom. The first-order chi connectivity index (χ1) is 10.3. The van der Waals surface area contributed by atoms with Crippen LogP contribution in [0.25, 0.3) is 0 Å². The molecule has 138 valence electrons. The van der Waals surface area contributed by atoms with E-state index in [4.69, 9.17) is 0 Å². The van der Waals surface area contributed by atoms with Crippen molar-refractivity contribution >= 4 is 5.78 Å². The maximum atomic E-state index is 14.0. The molecular formula is C10HF13O. The quantitative estimate of drug-likeness (QED) is 0.585. The molecule has 24 heavy (non-hydrogen) atoms. The van der Waals surface area contributed by atoms with Crippen molar-refractivity contribution in [3.05, 3.63) is 0 Å². The Morgan fingerprint density at radius 2 is 0.833 bits per heavy atom. The van der Waals surface area contributed by atoms with Crippen molar-refractivity contribution in [1.82, 2.24) is 0 Å². The average molecular weight is 384 g/mol. The lowest BCUT2D eigenvalue weighted by molar-refractivity contribution is -0.518. The van der Waals surface area contributed by atoms with Crippen molar-refractivity contribution in [3.63, 3.8) is 0 Å². The molecule has 14 heteroatoms. The standard InChI is InChI=1S/C10HF13O/c11-3-2(24)4(12)6(15,16)1(5(3,13)14)7(17,18)8(19,9(3,20)21)10(4,22)23/h1H/t1?,3-,4+,8?. The van der Waals surface area contributed by atoms with E-state index in [9.17, 15) is 61.9 Å². The van der Waals surface area contributed by atoms with Crippen LogP contribution in [0, 0.1) is 5.92 Å². The van der Waals surface area contributed by atoms with Gasteiger partial charge in [0, 0.05) is 0 Å². The molecule has 4 saturated carbocycles. The third-order valence-corrected chi connectivity index (χ3v) is 4.82. The number of halogens is 13. The molecule has 0 spiro atoms. The summed E-state index contributed by atoms with van der Waals surface area (Å²) in [6.07, 6.45) is 0. The van der Waals surface area contributed by atoms with Gasteiger partial charge in [-0.1, -0.05) is 0 Å². The molecule has 4 rings (SSSR count). The van der Waals surface area contributed by atoms with Gasteiger partial charge in [-0.2, -0.15) is 17.6 Å². The minimum absolute atomic E-state index is 4.39. The van der Waals surface area contributed by atoms with Crippen LogP contribution in [0.1, 0.15) is 0 Å². The zero-order valence-corrected chi connectivity index (χ0v) is 10.4. The number of rotatable bonds is 0. The van der Waals surface area contributed by atoms with Gasteiger partial charge in [0.25, 0.3) is 0 Å².